The molecule has 4 aliphatic rings. The third kappa shape index (κ3) is 10.8. The Kier molecular flexibility index (Phi) is 16.2. The molecule has 47 heavy (non-hydrogen) atoms. The number of rotatable bonds is 22. The van der Waals surface area contributed by atoms with Gasteiger partial charge < -0.3 is 4.74 Å². The Balaban J connectivity index is 1.10. The molecule has 0 N–H and O–H groups in total. The van der Waals surface area contributed by atoms with Gasteiger partial charge in [0.25, 0.3) is 0 Å². The van der Waals surface area contributed by atoms with Crippen LogP contribution < -0.4 is 0 Å². The van der Waals surface area contributed by atoms with Crippen molar-refractivity contribution in [3.8, 4) is 0 Å². The van der Waals surface area contributed by atoms with Crippen LogP contribution in [-0.2, 0) is 9.53 Å². The molecule has 4 aliphatic carbocycles. The number of hydrogen-bond donors (Lipinski definition) is 0. The summed E-state index contributed by atoms with van der Waals surface area (Å²) in [6, 6.07) is 0. The van der Waals surface area contributed by atoms with Gasteiger partial charge in [0.2, 0.25) is 0 Å². The Hall–Kier alpha value is -0.790. The molecular formula is C45H80O2. The zero-order chi connectivity index (χ0) is 33.7. The number of carbonyl (C=O) groups is 1. The van der Waals surface area contributed by atoms with Gasteiger partial charge >= 0.3 is 5.97 Å². The van der Waals surface area contributed by atoms with Crippen molar-refractivity contribution in [3.05, 3.63) is 11.6 Å². The van der Waals surface area contributed by atoms with Gasteiger partial charge in [0.05, 0.1) is 0 Å². The Morgan fingerprint density at radius 2 is 1.36 bits per heavy atom. The highest BCUT2D eigenvalue weighted by atomic mass is 16.5. The quantitative estimate of drug-likeness (QED) is 0.0661. The first-order chi connectivity index (χ1) is 22.7. The Labute approximate surface area is 293 Å². The second-order valence-electron chi connectivity index (χ2n) is 18.3. The predicted molar refractivity (Wildman–Crippen MR) is 202 cm³/mol. The van der Waals surface area contributed by atoms with Gasteiger partial charge in [-0.25, -0.2) is 0 Å². The number of carbonyl (C=O) groups excluding carboxylic acids is 1. The maximum Gasteiger partial charge on any atom is 0.306 e. The van der Waals surface area contributed by atoms with E-state index in [1.165, 1.54) is 148 Å². The molecule has 0 radical (unpaired) electrons. The Bertz CT molecular complexity index is 934. The summed E-state index contributed by atoms with van der Waals surface area (Å²) in [4.78, 5) is 12.8. The van der Waals surface area contributed by atoms with Crippen LogP contribution in [0.25, 0.3) is 0 Å². The average molecular weight is 653 g/mol. The fraction of sp³-hybridized carbons (Fsp3) is 0.933. The van der Waals surface area contributed by atoms with E-state index in [2.05, 4.69) is 47.6 Å². The van der Waals surface area contributed by atoms with Crippen molar-refractivity contribution < 1.29 is 9.53 Å². The lowest BCUT2D eigenvalue weighted by atomic mass is 9.47. The van der Waals surface area contributed by atoms with Crippen LogP contribution in [0.2, 0.25) is 0 Å². The zero-order valence-electron chi connectivity index (χ0n) is 32.5. The summed E-state index contributed by atoms with van der Waals surface area (Å²) in [6.07, 6.45) is 38.4. The molecule has 2 heteroatoms. The number of esters is 1. The number of ether oxygens (including phenoxy) is 1. The minimum absolute atomic E-state index is 0.0653. The van der Waals surface area contributed by atoms with Crippen molar-refractivity contribution in [2.75, 3.05) is 0 Å². The Morgan fingerprint density at radius 1 is 0.745 bits per heavy atom. The Morgan fingerprint density at radius 3 is 1.98 bits per heavy atom. The van der Waals surface area contributed by atoms with E-state index in [4.69, 9.17) is 4.74 Å². The molecule has 2 unspecified atom stereocenters. The van der Waals surface area contributed by atoms with Gasteiger partial charge in [-0.3, -0.25) is 4.79 Å². The summed E-state index contributed by atoms with van der Waals surface area (Å²) >= 11 is 0. The first-order valence-electron chi connectivity index (χ1n) is 21.6. The van der Waals surface area contributed by atoms with Crippen LogP contribution in [0.15, 0.2) is 11.6 Å². The van der Waals surface area contributed by atoms with Gasteiger partial charge in [-0.2, -0.15) is 0 Å². The predicted octanol–water partition coefficient (Wildman–Crippen LogP) is 14.2. The van der Waals surface area contributed by atoms with Gasteiger partial charge in [-0.15, -0.1) is 0 Å². The van der Waals surface area contributed by atoms with Crippen molar-refractivity contribution in [1.82, 2.24) is 0 Å². The maximum atomic E-state index is 12.8. The lowest BCUT2D eigenvalue weighted by molar-refractivity contribution is -0.151. The molecule has 2 nitrogen and oxygen atoms in total. The van der Waals surface area contributed by atoms with E-state index in [0.717, 1.165) is 54.8 Å². The van der Waals surface area contributed by atoms with E-state index in [1.54, 1.807) is 5.57 Å². The number of allylic oxidation sites excluding steroid dienone is 1. The van der Waals surface area contributed by atoms with Crippen molar-refractivity contribution in [2.45, 2.75) is 221 Å². The van der Waals surface area contributed by atoms with Crippen LogP contribution in [0.5, 0.6) is 0 Å². The van der Waals surface area contributed by atoms with Crippen molar-refractivity contribution in [1.29, 1.82) is 0 Å². The average Bonchev–Trinajstić information content (AvgIpc) is 3.40. The van der Waals surface area contributed by atoms with Crippen LogP contribution >= 0.6 is 0 Å². The summed E-state index contributed by atoms with van der Waals surface area (Å²) in [7, 11) is 0. The minimum Gasteiger partial charge on any atom is -0.462 e. The first-order valence-corrected chi connectivity index (χ1v) is 21.6. The van der Waals surface area contributed by atoms with E-state index in [0.29, 0.717) is 17.3 Å². The van der Waals surface area contributed by atoms with E-state index in [9.17, 15) is 4.79 Å². The molecule has 8 atom stereocenters. The largest absolute Gasteiger partial charge is 0.462 e. The van der Waals surface area contributed by atoms with Gasteiger partial charge in [0.15, 0.2) is 0 Å². The van der Waals surface area contributed by atoms with Crippen LogP contribution in [0.3, 0.4) is 0 Å². The molecule has 0 heterocycles. The highest BCUT2D eigenvalue weighted by molar-refractivity contribution is 5.69. The van der Waals surface area contributed by atoms with Crippen LogP contribution in [0.4, 0.5) is 0 Å². The minimum atomic E-state index is 0.0653. The molecule has 3 saturated carbocycles. The second-order valence-corrected chi connectivity index (χ2v) is 18.3. The van der Waals surface area contributed by atoms with Gasteiger partial charge in [0.1, 0.15) is 6.10 Å². The molecule has 3 fully saturated rings. The number of fused-ring (bicyclic) bond motifs is 5. The lowest BCUT2D eigenvalue weighted by Crippen LogP contribution is -2.51. The normalized spacial score (nSPS) is 32.4. The van der Waals surface area contributed by atoms with E-state index in [-0.39, 0.29) is 12.1 Å². The van der Waals surface area contributed by atoms with Crippen LogP contribution in [0, 0.1) is 46.3 Å². The summed E-state index contributed by atoms with van der Waals surface area (Å²) in [5.74, 6) is 5.34. The number of hydrogen-bond acceptors (Lipinski definition) is 2. The van der Waals surface area contributed by atoms with Gasteiger partial charge in [-0.1, -0.05) is 162 Å². The number of unbranched alkanes of at least 4 members (excludes halogenated alkanes) is 14. The fourth-order valence-corrected chi connectivity index (χ4v) is 11.6. The third-order valence-electron chi connectivity index (χ3n) is 14.5. The van der Waals surface area contributed by atoms with Crippen molar-refractivity contribution in [2.24, 2.45) is 46.3 Å². The second kappa shape index (κ2) is 19.6. The van der Waals surface area contributed by atoms with Crippen molar-refractivity contribution in [3.63, 3.8) is 0 Å². The summed E-state index contributed by atoms with van der Waals surface area (Å²) in [6.45, 7) is 15.0. The monoisotopic (exact) mass is 653 g/mol. The molecule has 272 valence electrons. The highest BCUT2D eigenvalue weighted by Gasteiger charge is 2.59. The lowest BCUT2D eigenvalue weighted by Gasteiger charge is -2.58. The van der Waals surface area contributed by atoms with Gasteiger partial charge in [-0.05, 0) is 97.7 Å². The molecule has 0 saturated heterocycles. The van der Waals surface area contributed by atoms with Crippen LogP contribution in [-0.4, -0.2) is 12.1 Å². The molecule has 0 aliphatic heterocycles. The smallest absolute Gasteiger partial charge is 0.306 e. The van der Waals surface area contributed by atoms with E-state index >= 15 is 0 Å². The van der Waals surface area contributed by atoms with Gasteiger partial charge in [0, 0.05) is 12.8 Å². The van der Waals surface area contributed by atoms with Crippen LogP contribution in [0.1, 0.15) is 215 Å². The van der Waals surface area contributed by atoms with E-state index in [1.807, 2.05) is 0 Å². The molecule has 0 aromatic heterocycles. The third-order valence-corrected chi connectivity index (χ3v) is 14.5. The summed E-state index contributed by atoms with van der Waals surface area (Å²) in [5, 5.41) is 0. The molecule has 4 rings (SSSR count). The topological polar surface area (TPSA) is 26.3 Å². The zero-order valence-corrected chi connectivity index (χ0v) is 32.5. The molecule has 0 spiro atoms. The fourth-order valence-electron chi connectivity index (χ4n) is 11.6. The SMILES string of the molecule is CCCCCCCCCCCCCCCCCC(=O)O[C@H]1CC[C@@]2(C)C(=CCC3[C@@H]4CC[C@H](C(C)CCCC(C)C)[C@@]4(C)CC[C@@H]32)C1. The molecule has 0 aromatic rings. The molecule has 0 bridgehead atoms. The van der Waals surface area contributed by atoms with Crippen molar-refractivity contribution >= 4 is 5.97 Å². The summed E-state index contributed by atoms with van der Waals surface area (Å²) in [5.41, 5.74) is 2.54. The summed E-state index contributed by atoms with van der Waals surface area (Å²) < 4.78 is 6.13. The molecular weight excluding hydrogens is 572 g/mol. The highest BCUT2D eigenvalue weighted by Crippen LogP contribution is 2.67. The van der Waals surface area contributed by atoms with E-state index < -0.39 is 0 Å². The molecule has 0 aromatic carbocycles. The maximum absolute atomic E-state index is 12.8. The molecule has 0 amide bonds. The first kappa shape index (κ1) is 39.0. The standard InChI is InChI=1S/C45H80O2/c1-7-8-9-10-11-12-13-14-15-16-17-18-19-20-21-25-43(46)47-38-30-32-44(5)37(34-38)26-27-39-41-29-28-40(36(4)24-22-23-35(2)3)45(41,6)33-31-42(39)44/h26,35-36,38-42H,7-25,27-34H2,1-6H3/t36?,38-,39?,40+,41-,42-,44-,45+/m0/s1.